The van der Waals surface area contributed by atoms with E-state index in [2.05, 4.69) is 26.2 Å². The van der Waals surface area contributed by atoms with Gasteiger partial charge in [-0.2, -0.15) is 13.2 Å². The normalized spacial score (nSPS) is 19.5. The number of hydrogen-bond acceptors (Lipinski definition) is 7. The van der Waals surface area contributed by atoms with Gasteiger partial charge in [-0.05, 0) is 60.7 Å². The number of imide groups is 1. The molecule has 4 aromatic rings. The second-order valence-electron chi connectivity index (χ2n) is 9.84. The molecule has 2 N–H and O–H groups in total. The standard InChI is InChI=1S/C29H18BrClF3N3O5S2/c30-14-4-7-17(8-5-14)37-26(39)22-21(23-25(36-28(41)44-23)43-24(22)27(37)40)18-11-15(31)6-9-19(18)42-12-20(38)35-16-3-1-2-13(10-16)29(32,33)34/h1-11,21-22,24H,12H2,(H,35,38)(H,36,41)/t21-,22?,24?/m1/s1. The van der Waals surface area contributed by atoms with Gasteiger partial charge in [0.05, 0.1) is 22.2 Å². The largest absolute Gasteiger partial charge is 0.483 e. The van der Waals surface area contributed by atoms with Crippen LogP contribution in [-0.2, 0) is 20.6 Å². The van der Waals surface area contributed by atoms with E-state index in [0.29, 0.717) is 21.2 Å². The second-order valence-corrected chi connectivity index (χ2v) is 13.4. The zero-order valence-corrected chi connectivity index (χ0v) is 26.0. The van der Waals surface area contributed by atoms with E-state index in [-0.39, 0.29) is 21.3 Å². The first kappa shape index (κ1) is 30.4. The molecule has 1 aromatic heterocycles. The van der Waals surface area contributed by atoms with E-state index in [1.165, 1.54) is 24.3 Å². The van der Waals surface area contributed by atoms with Crippen molar-refractivity contribution in [1.82, 2.24) is 4.98 Å². The molecule has 2 aliphatic heterocycles. The smallest absolute Gasteiger partial charge is 0.416 e. The van der Waals surface area contributed by atoms with Crippen molar-refractivity contribution >= 4 is 79.7 Å². The average Bonchev–Trinajstić information content (AvgIpc) is 3.46. The van der Waals surface area contributed by atoms with Crippen LogP contribution in [0.15, 0.2) is 81.0 Å². The van der Waals surface area contributed by atoms with Crippen molar-refractivity contribution in [3.8, 4) is 5.75 Å². The van der Waals surface area contributed by atoms with Crippen molar-refractivity contribution in [3.63, 3.8) is 0 Å². The molecule has 3 heterocycles. The number of aromatic amines is 1. The lowest BCUT2D eigenvalue weighted by atomic mass is 9.82. The third-order valence-electron chi connectivity index (χ3n) is 7.05. The van der Waals surface area contributed by atoms with Gasteiger partial charge in [-0.15, -0.1) is 0 Å². The maximum absolute atomic E-state index is 14.0. The molecule has 0 spiro atoms. The van der Waals surface area contributed by atoms with Crippen LogP contribution in [0.25, 0.3) is 0 Å². The predicted molar refractivity (Wildman–Crippen MR) is 164 cm³/mol. The van der Waals surface area contributed by atoms with E-state index in [0.717, 1.165) is 44.6 Å². The average molecular weight is 725 g/mol. The van der Waals surface area contributed by atoms with E-state index in [1.807, 2.05) is 0 Å². The number of ether oxygens (including phenoxy) is 1. The summed E-state index contributed by atoms with van der Waals surface area (Å²) in [5, 5.41) is 2.24. The number of amides is 3. The van der Waals surface area contributed by atoms with E-state index >= 15 is 0 Å². The lowest BCUT2D eigenvalue weighted by Crippen LogP contribution is -2.32. The second kappa shape index (κ2) is 11.7. The minimum atomic E-state index is -4.58. The van der Waals surface area contributed by atoms with Crippen molar-refractivity contribution < 1.29 is 32.3 Å². The summed E-state index contributed by atoms with van der Waals surface area (Å²) in [6.45, 7) is -0.589. The Labute approximate surface area is 268 Å². The predicted octanol–water partition coefficient (Wildman–Crippen LogP) is 6.68. The minimum Gasteiger partial charge on any atom is -0.483 e. The number of H-pyrrole nitrogens is 1. The van der Waals surface area contributed by atoms with Gasteiger partial charge < -0.3 is 15.0 Å². The van der Waals surface area contributed by atoms with Crippen LogP contribution in [0, 0.1) is 5.92 Å². The maximum Gasteiger partial charge on any atom is 0.416 e. The first-order valence-corrected chi connectivity index (χ1v) is 15.7. The summed E-state index contributed by atoms with van der Waals surface area (Å²) < 4.78 is 45.9. The summed E-state index contributed by atoms with van der Waals surface area (Å²) in [5.74, 6) is -3.27. The van der Waals surface area contributed by atoms with Crippen molar-refractivity contribution in [3.05, 3.63) is 102 Å². The van der Waals surface area contributed by atoms with Crippen LogP contribution < -0.4 is 19.8 Å². The number of nitrogens with zero attached hydrogens (tertiary/aromatic N) is 1. The van der Waals surface area contributed by atoms with Gasteiger partial charge in [0.25, 0.3) is 5.91 Å². The lowest BCUT2D eigenvalue weighted by molar-refractivity contribution is -0.137. The maximum atomic E-state index is 14.0. The summed E-state index contributed by atoms with van der Waals surface area (Å²) in [6.07, 6.45) is -4.58. The molecule has 6 rings (SSSR count). The Morgan fingerprint density at radius 3 is 2.52 bits per heavy atom. The SMILES string of the molecule is O=C(COc1ccc(Cl)cc1[C@H]1c2sc(=O)[nH]c2SC2C(=O)N(c3ccc(Br)cc3)C(=O)C21)Nc1cccc(C(F)(F)F)c1. The molecule has 8 nitrogen and oxygen atoms in total. The van der Waals surface area contributed by atoms with Gasteiger partial charge in [-0.3, -0.25) is 19.2 Å². The Kier molecular flexibility index (Phi) is 8.11. The van der Waals surface area contributed by atoms with Gasteiger partial charge in [0.2, 0.25) is 11.8 Å². The van der Waals surface area contributed by atoms with Crippen LogP contribution in [0.2, 0.25) is 5.02 Å². The van der Waals surface area contributed by atoms with Gasteiger partial charge in [0.15, 0.2) is 6.61 Å². The fourth-order valence-electron chi connectivity index (χ4n) is 5.20. The molecule has 226 valence electrons. The summed E-state index contributed by atoms with van der Waals surface area (Å²) in [7, 11) is 0. The van der Waals surface area contributed by atoms with Gasteiger partial charge in [-0.25, -0.2) is 4.90 Å². The van der Waals surface area contributed by atoms with Crippen LogP contribution in [0.1, 0.15) is 21.9 Å². The zero-order valence-electron chi connectivity index (χ0n) is 22.0. The number of carbonyl (C=O) groups excluding carboxylic acids is 3. The molecule has 3 atom stereocenters. The number of anilines is 2. The highest BCUT2D eigenvalue weighted by molar-refractivity contribution is 9.10. The lowest BCUT2D eigenvalue weighted by Gasteiger charge is -2.31. The third kappa shape index (κ3) is 5.78. The summed E-state index contributed by atoms with van der Waals surface area (Å²) in [4.78, 5) is 56.8. The molecular formula is C29H18BrClF3N3O5S2. The van der Waals surface area contributed by atoms with Crippen LogP contribution in [0.5, 0.6) is 5.75 Å². The minimum absolute atomic E-state index is 0.0678. The van der Waals surface area contributed by atoms with Gasteiger partial charge in [0, 0.05) is 31.5 Å². The van der Waals surface area contributed by atoms with E-state index in [9.17, 15) is 32.3 Å². The molecule has 1 saturated heterocycles. The first-order chi connectivity index (χ1) is 20.9. The molecule has 44 heavy (non-hydrogen) atoms. The van der Waals surface area contributed by atoms with Gasteiger partial charge in [-0.1, -0.05) is 56.7 Å². The Bertz CT molecular complexity index is 1860. The molecule has 2 aliphatic rings. The van der Waals surface area contributed by atoms with Crippen LogP contribution in [-0.4, -0.2) is 34.6 Å². The molecule has 0 radical (unpaired) electrons. The molecule has 3 amide bonds. The number of halogens is 5. The Morgan fingerprint density at radius 2 is 1.80 bits per heavy atom. The number of thiazole rings is 1. The Balaban J connectivity index is 1.33. The van der Waals surface area contributed by atoms with E-state index < -0.39 is 53.2 Å². The first-order valence-electron chi connectivity index (χ1n) is 12.8. The Hall–Kier alpha value is -3.59. The number of thioether (sulfide) groups is 1. The highest BCUT2D eigenvalue weighted by Gasteiger charge is 2.56. The molecule has 2 unspecified atom stereocenters. The number of alkyl halides is 3. The molecule has 0 bridgehead atoms. The highest BCUT2D eigenvalue weighted by atomic mass is 79.9. The van der Waals surface area contributed by atoms with Gasteiger partial charge >= 0.3 is 11.0 Å². The van der Waals surface area contributed by atoms with E-state index in [1.54, 1.807) is 30.3 Å². The summed E-state index contributed by atoms with van der Waals surface area (Å²) in [5.41, 5.74) is -0.227. The van der Waals surface area contributed by atoms with Crippen LogP contribution in [0.3, 0.4) is 0 Å². The number of nitrogens with one attached hydrogen (secondary N) is 2. The van der Waals surface area contributed by atoms with Crippen LogP contribution in [0.4, 0.5) is 24.5 Å². The summed E-state index contributed by atoms with van der Waals surface area (Å²) in [6, 6.07) is 15.4. The van der Waals surface area contributed by atoms with Crippen molar-refractivity contribution in [1.29, 1.82) is 0 Å². The molecule has 0 saturated carbocycles. The van der Waals surface area contributed by atoms with Crippen LogP contribution >= 0.6 is 50.6 Å². The summed E-state index contributed by atoms with van der Waals surface area (Å²) >= 11 is 11.7. The zero-order chi connectivity index (χ0) is 31.3. The molecule has 0 aliphatic carbocycles. The van der Waals surface area contributed by atoms with Gasteiger partial charge in [0.1, 0.15) is 11.0 Å². The van der Waals surface area contributed by atoms with Crippen molar-refractivity contribution in [2.24, 2.45) is 5.92 Å². The molecule has 3 aromatic carbocycles. The third-order valence-corrected chi connectivity index (χ3v) is 10.2. The number of rotatable bonds is 6. The molecule has 15 heteroatoms. The monoisotopic (exact) mass is 723 g/mol. The van der Waals surface area contributed by atoms with Crippen molar-refractivity contribution in [2.45, 2.75) is 22.4 Å². The number of aromatic nitrogens is 1. The van der Waals surface area contributed by atoms with E-state index in [4.69, 9.17) is 16.3 Å². The fraction of sp³-hybridized carbons (Fsp3) is 0.172. The number of fused-ring (bicyclic) bond motifs is 2. The number of hydrogen-bond donors (Lipinski definition) is 2. The fourth-order valence-corrected chi connectivity index (χ4v) is 8.16. The molecular weight excluding hydrogens is 707 g/mol. The number of benzene rings is 3. The highest BCUT2D eigenvalue weighted by Crippen LogP contribution is 2.54. The topological polar surface area (TPSA) is 109 Å². The van der Waals surface area contributed by atoms with Crippen molar-refractivity contribution in [2.75, 3.05) is 16.8 Å². The molecule has 1 fully saturated rings. The Morgan fingerprint density at radius 1 is 1.05 bits per heavy atom. The number of carbonyl (C=O) groups is 3. The quantitative estimate of drug-likeness (QED) is 0.215.